The van der Waals surface area contributed by atoms with E-state index >= 15 is 0 Å². The molecular formula is C12H23BrN2O2. The molecule has 0 aliphatic carbocycles. The number of methoxy groups -OCH3 is 1. The molecule has 0 aromatic carbocycles. The Morgan fingerprint density at radius 3 is 2.71 bits per heavy atom. The highest BCUT2D eigenvalue weighted by atomic mass is 79.9. The summed E-state index contributed by atoms with van der Waals surface area (Å²) in [5.74, 6) is -0.181. The summed E-state index contributed by atoms with van der Waals surface area (Å²) in [6.45, 7) is 6.12. The lowest BCUT2D eigenvalue weighted by Gasteiger charge is -2.35. The van der Waals surface area contributed by atoms with Crippen molar-refractivity contribution in [2.75, 3.05) is 33.3 Å². The van der Waals surface area contributed by atoms with E-state index in [1.165, 1.54) is 20.0 Å². The van der Waals surface area contributed by atoms with Crippen molar-refractivity contribution in [3.63, 3.8) is 0 Å². The highest BCUT2D eigenvalue weighted by Crippen LogP contribution is 2.15. The predicted molar refractivity (Wildman–Crippen MR) is 72.5 cm³/mol. The predicted octanol–water partition coefficient (Wildman–Crippen LogP) is 1.39. The van der Waals surface area contributed by atoms with Crippen molar-refractivity contribution in [2.45, 2.75) is 37.1 Å². The smallest absolute Gasteiger partial charge is 0.320 e. The first kappa shape index (κ1) is 14.9. The molecule has 0 aromatic heterocycles. The van der Waals surface area contributed by atoms with Crippen LogP contribution < -0.4 is 5.32 Å². The fourth-order valence-corrected chi connectivity index (χ4v) is 2.85. The van der Waals surface area contributed by atoms with Crippen LogP contribution in [0.1, 0.15) is 26.2 Å². The van der Waals surface area contributed by atoms with Crippen LogP contribution in [-0.2, 0) is 9.53 Å². The standard InChI is InChI=1S/C12H23BrN2O2/c1-3-8-15(9-11(13)12(16)17-2)10-4-6-14-7-5-10/h10-11,14H,3-9H2,1-2H3. The van der Waals surface area contributed by atoms with E-state index in [9.17, 15) is 4.79 Å². The second kappa shape index (κ2) is 8.06. The summed E-state index contributed by atoms with van der Waals surface area (Å²) in [6, 6.07) is 0.598. The second-order valence-corrected chi connectivity index (χ2v) is 5.57. The Bertz CT molecular complexity index is 233. The minimum Gasteiger partial charge on any atom is -0.468 e. The normalized spacial score (nSPS) is 19.3. The van der Waals surface area contributed by atoms with Crippen LogP contribution in [0, 0.1) is 0 Å². The fraction of sp³-hybridized carbons (Fsp3) is 0.917. The minimum atomic E-state index is -0.214. The van der Waals surface area contributed by atoms with Gasteiger partial charge in [-0.15, -0.1) is 0 Å². The molecule has 1 fully saturated rings. The molecule has 0 saturated carbocycles. The maximum absolute atomic E-state index is 11.4. The monoisotopic (exact) mass is 306 g/mol. The molecular weight excluding hydrogens is 284 g/mol. The van der Waals surface area contributed by atoms with Crippen LogP contribution in [0.25, 0.3) is 0 Å². The first-order valence-corrected chi connectivity index (χ1v) is 7.27. The Labute approximate surface area is 112 Å². The molecule has 1 aliphatic heterocycles. The van der Waals surface area contributed by atoms with Crippen molar-refractivity contribution in [1.82, 2.24) is 10.2 Å². The van der Waals surface area contributed by atoms with Crippen LogP contribution in [0.3, 0.4) is 0 Å². The van der Waals surface area contributed by atoms with E-state index < -0.39 is 0 Å². The largest absolute Gasteiger partial charge is 0.468 e. The Morgan fingerprint density at radius 1 is 1.53 bits per heavy atom. The Morgan fingerprint density at radius 2 is 2.18 bits per heavy atom. The van der Waals surface area contributed by atoms with E-state index in [2.05, 4.69) is 33.1 Å². The van der Waals surface area contributed by atoms with Crippen molar-refractivity contribution in [3.05, 3.63) is 0 Å². The molecule has 100 valence electrons. The summed E-state index contributed by atoms with van der Waals surface area (Å²) in [5.41, 5.74) is 0. The number of nitrogens with one attached hydrogen (secondary N) is 1. The number of nitrogens with zero attached hydrogens (tertiary/aromatic N) is 1. The number of ether oxygens (including phenoxy) is 1. The topological polar surface area (TPSA) is 41.6 Å². The molecule has 1 aliphatic rings. The van der Waals surface area contributed by atoms with Crippen LogP contribution >= 0.6 is 15.9 Å². The first-order valence-electron chi connectivity index (χ1n) is 6.35. The van der Waals surface area contributed by atoms with Crippen molar-refractivity contribution in [3.8, 4) is 0 Å². The van der Waals surface area contributed by atoms with Gasteiger partial charge < -0.3 is 10.1 Å². The third-order valence-corrected chi connectivity index (χ3v) is 3.85. The van der Waals surface area contributed by atoms with Gasteiger partial charge in [-0.2, -0.15) is 0 Å². The zero-order chi connectivity index (χ0) is 12.7. The summed E-state index contributed by atoms with van der Waals surface area (Å²) >= 11 is 3.41. The molecule has 0 aromatic rings. The summed E-state index contributed by atoms with van der Waals surface area (Å²) in [5, 5.41) is 3.37. The van der Waals surface area contributed by atoms with Gasteiger partial charge in [0.15, 0.2) is 0 Å². The minimum absolute atomic E-state index is 0.181. The maximum Gasteiger partial charge on any atom is 0.320 e. The Balaban J connectivity index is 2.49. The number of rotatable bonds is 6. The van der Waals surface area contributed by atoms with Crippen molar-refractivity contribution >= 4 is 21.9 Å². The number of carbonyl (C=O) groups excluding carboxylic acids is 1. The highest BCUT2D eigenvalue weighted by Gasteiger charge is 2.25. The van der Waals surface area contributed by atoms with Gasteiger partial charge in [0, 0.05) is 12.6 Å². The highest BCUT2D eigenvalue weighted by molar-refractivity contribution is 9.10. The van der Waals surface area contributed by atoms with Crippen LogP contribution in [0.2, 0.25) is 0 Å². The Hall–Kier alpha value is -0.130. The van der Waals surface area contributed by atoms with Gasteiger partial charge in [-0.1, -0.05) is 22.9 Å². The van der Waals surface area contributed by atoms with Crippen molar-refractivity contribution in [2.24, 2.45) is 0 Å². The van der Waals surface area contributed by atoms with Gasteiger partial charge in [-0.05, 0) is 38.9 Å². The molecule has 1 saturated heterocycles. The molecule has 5 heteroatoms. The third-order valence-electron chi connectivity index (χ3n) is 3.19. The van der Waals surface area contributed by atoms with Gasteiger partial charge in [0.2, 0.25) is 0 Å². The van der Waals surface area contributed by atoms with Crippen LogP contribution in [-0.4, -0.2) is 55.0 Å². The van der Waals surface area contributed by atoms with Crippen LogP contribution in [0.5, 0.6) is 0 Å². The number of esters is 1. The first-order chi connectivity index (χ1) is 8.19. The SMILES string of the molecule is CCCN(CC(Br)C(=O)OC)C1CCNCC1. The average Bonchev–Trinajstić information content (AvgIpc) is 2.38. The van der Waals surface area contributed by atoms with E-state index in [1.807, 2.05) is 0 Å². The molecule has 0 amide bonds. The quantitative estimate of drug-likeness (QED) is 0.595. The molecule has 1 atom stereocenters. The molecule has 1 unspecified atom stereocenters. The molecule has 1 heterocycles. The summed E-state index contributed by atoms with van der Waals surface area (Å²) < 4.78 is 4.75. The van der Waals surface area contributed by atoms with Gasteiger partial charge in [0.05, 0.1) is 7.11 Å². The molecule has 1 N–H and O–H groups in total. The van der Waals surface area contributed by atoms with Gasteiger partial charge in [0.1, 0.15) is 4.83 Å². The molecule has 1 rings (SSSR count). The lowest BCUT2D eigenvalue weighted by molar-refractivity contribution is -0.140. The number of hydrogen-bond acceptors (Lipinski definition) is 4. The zero-order valence-corrected chi connectivity index (χ0v) is 12.3. The van der Waals surface area contributed by atoms with Gasteiger partial charge in [-0.25, -0.2) is 0 Å². The second-order valence-electron chi connectivity index (χ2n) is 4.47. The number of piperidine rings is 1. The average molecular weight is 307 g/mol. The number of hydrogen-bond donors (Lipinski definition) is 1. The van der Waals surface area contributed by atoms with E-state index in [-0.39, 0.29) is 10.8 Å². The zero-order valence-electron chi connectivity index (χ0n) is 10.7. The van der Waals surface area contributed by atoms with Crippen molar-refractivity contribution < 1.29 is 9.53 Å². The number of alkyl halides is 1. The summed E-state index contributed by atoms with van der Waals surface area (Å²) in [4.78, 5) is 13.6. The van der Waals surface area contributed by atoms with Crippen LogP contribution in [0.4, 0.5) is 0 Å². The van der Waals surface area contributed by atoms with E-state index in [1.54, 1.807) is 0 Å². The van der Waals surface area contributed by atoms with E-state index in [4.69, 9.17) is 4.74 Å². The summed E-state index contributed by atoms with van der Waals surface area (Å²) in [6.07, 6.45) is 3.45. The molecule has 0 bridgehead atoms. The lowest BCUT2D eigenvalue weighted by atomic mass is 10.0. The number of carbonyl (C=O) groups is 1. The Kier molecular flexibility index (Phi) is 7.08. The van der Waals surface area contributed by atoms with Gasteiger partial charge in [0.25, 0.3) is 0 Å². The molecule has 0 radical (unpaired) electrons. The molecule has 4 nitrogen and oxygen atoms in total. The third kappa shape index (κ3) is 4.94. The lowest BCUT2D eigenvalue weighted by Crippen LogP contribution is -2.46. The van der Waals surface area contributed by atoms with Crippen LogP contribution in [0.15, 0.2) is 0 Å². The number of halogens is 1. The van der Waals surface area contributed by atoms with E-state index in [0.29, 0.717) is 6.04 Å². The van der Waals surface area contributed by atoms with Crippen molar-refractivity contribution in [1.29, 1.82) is 0 Å². The molecule has 0 spiro atoms. The summed E-state index contributed by atoms with van der Waals surface area (Å²) in [7, 11) is 1.44. The van der Waals surface area contributed by atoms with Gasteiger partial charge >= 0.3 is 5.97 Å². The fourth-order valence-electron chi connectivity index (χ4n) is 2.29. The van der Waals surface area contributed by atoms with E-state index in [0.717, 1.165) is 32.6 Å². The van der Waals surface area contributed by atoms with Gasteiger partial charge in [-0.3, -0.25) is 9.69 Å². The molecule has 17 heavy (non-hydrogen) atoms. The maximum atomic E-state index is 11.4.